The second-order valence-corrected chi connectivity index (χ2v) is 4.27. The van der Waals surface area contributed by atoms with E-state index in [2.05, 4.69) is 25.0 Å². The fourth-order valence-corrected chi connectivity index (χ4v) is 2.00. The standard InChI is InChI=1S/C14H18FN3/c1-3-12-8-13(4-2)18(17-12)14-6-10(9-16)5-11(15)7-14/h5-8H,3-4,9,16H2,1-2H3. The summed E-state index contributed by atoms with van der Waals surface area (Å²) in [5.41, 5.74) is 9.19. The molecule has 18 heavy (non-hydrogen) atoms. The number of halogens is 1. The second kappa shape index (κ2) is 5.31. The third kappa shape index (κ3) is 2.43. The van der Waals surface area contributed by atoms with Crippen LogP contribution in [0, 0.1) is 5.82 Å². The van der Waals surface area contributed by atoms with Crippen LogP contribution in [0.3, 0.4) is 0 Å². The molecule has 0 saturated carbocycles. The highest BCUT2D eigenvalue weighted by Crippen LogP contribution is 2.17. The van der Waals surface area contributed by atoms with Gasteiger partial charge in [-0.25, -0.2) is 9.07 Å². The number of hydrogen-bond acceptors (Lipinski definition) is 2. The fourth-order valence-electron chi connectivity index (χ4n) is 2.00. The van der Waals surface area contributed by atoms with Crippen LogP contribution in [0.25, 0.3) is 5.69 Å². The smallest absolute Gasteiger partial charge is 0.125 e. The van der Waals surface area contributed by atoms with Gasteiger partial charge >= 0.3 is 0 Å². The van der Waals surface area contributed by atoms with E-state index in [0.717, 1.165) is 35.5 Å². The van der Waals surface area contributed by atoms with Crippen molar-refractivity contribution in [3.8, 4) is 5.69 Å². The van der Waals surface area contributed by atoms with E-state index in [1.54, 1.807) is 4.68 Å². The Balaban J connectivity index is 2.53. The lowest BCUT2D eigenvalue weighted by Crippen LogP contribution is -2.05. The minimum Gasteiger partial charge on any atom is -0.326 e. The predicted molar refractivity (Wildman–Crippen MR) is 70.2 cm³/mol. The molecule has 96 valence electrons. The van der Waals surface area contributed by atoms with Gasteiger partial charge in [-0.1, -0.05) is 13.8 Å². The van der Waals surface area contributed by atoms with Gasteiger partial charge in [0.2, 0.25) is 0 Å². The highest BCUT2D eigenvalue weighted by molar-refractivity contribution is 5.38. The lowest BCUT2D eigenvalue weighted by Gasteiger charge is -2.08. The van der Waals surface area contributed by atoms with Crippen LogP contribution in [0.4, 0.5) is 4.39 Å². The molecule has 0 aliphatic rings. The van der Waals surface area contributed by atoms with Gasteiger partial charge in [-0.15, -0.1) is 0 Å². The molecular weight excluding hydrogens is 229 g/mol. The van der Waals surface area contributed by atoms with Crippen molar-refractivity contribution in [1.82, 2.24) is 9.78 Å². The molecule has 0 bridgehead atoms. The molecule has 0 atom stereocenters. The van der Waals surface area contributed by atoms with Gasteiger partial charge in [0, 0.05) is 12.2 Å². The Kier molecular flexibility index (Phi) is 3.77. The molecule has 0 aliphatic carbocycles. The molecule has 0 amide bonds. The lowest BCUT2D eigenvalue weighted by molar-refractivity contribution is 0.622. The Morgan fingerprint density at radius 3 is 2.56 bits per heavy atom. The van der Waals surface area contributed by atoms with Crippen LogP contribution in [0.1, 0.15) is 30.8 Å². The van der Waals surface area contributed by atoms with Crippen molar-refractivity contribution >= 4 is 0 Å². The van der Waals surface area contributed by atoms with E-state index >= 15 is 0 Å². The molecule has 1 heterocycles. The Hall–Kier alpha value is -1.68. The zero-order chi connectivity index (χ0) is 13.1. The molecule has 0 unspecified atom stereocenters. The first-order valence-corrected chi connectivity index (χ1v) is 6.25. The minimum absolute atomic E-state index is 0.274. The Labute approximate surface area is 106 Å². The maximum atomic E-state index is 13.5. The number of aromatic nitrogens is 2. The van der Waals surface area contributed by atoms with Crippen molar-refractivity contribution in [2.75, 3.05) is 0 Å². The monoisotopic (exact) mass is 247 g/mol. The Morgan fingerprint density at radius 1 is 1.17 bits per heavy atom. The zero-order valence-corrected chi connectivity index (χ0v) is 10.8. The van der Waals surface area contributed by atoms with Crippen LogP contribution < -0.4 is 5.73 Å². The van der Waals surface area contributed by atoms with Crippen molar-refractivity contribution in [3.63, 3.8) is 0 Å². The molecule has 1 aromatic heterocycles. The Bertz CT molecular complexity index is 546. The first-order valence-electron chi connectivity index (χ1n) is 6.25. The summed E-state index contributed by atoms with van der Waals surface area (Å²) in [5.74, 6) is -0.274. The highest BCUT2D eigenvalue weighted by Gasteiger charge is 2.09. The van der Waals surface area contributed by atoms with Crippen molar-refractivity contribution in [3.05, 3.63) is 47.0 Å². The van der Waals surface area contributed by atoms with E-state index < -0.39 is 0 Å². The van der Waals surface area contributed by atoms with Crippen LogP contribution >= 0.6 is 0 Å². The third-order valence-corrected chi connectivity index (χ3v) is 2.98. The summed E-state index contributed by atoms with van der Waals surface area (Å²) in [6.45, 7) is 4.45. The average Bonchev–Trinajstić information content (AvgIpc) is 2.81. The van der Waals surface area contributed by atoms with Crippen LogP contribution in [0.2, 0.25) is 0 Å². The number of nitrogens with two attached hydrogens (primary N) is 1. The first-order chi connectivity index (χ1) is 8.67. The molecule has 2 N–H and O–H groups in total. The highest BCUT2D eigenvalue weighted by atomic mass is 19.1. The molecular formula is C14H18FN3. The number of benzene rings is 1. The predicted octanol–water partition coefficient (Wildman–Crippen LogP) is 2.59. The molecule has 3 nitrogen and oxygen atoms in total. The third-order valence-electron chi connectivity index (χ3n) is 2.98. The maximum absolute atomic E-state index is 13.5. The second-order valence-electron chi connectivity index (χ2n) is 4.27. The minimum atomic E-state index is -0.274. The molecule has 0 saturated heterocycles. The number of hydrogen-bond donors (Lipinski definition) is 1. The van der Waals surface area contributed by atoms with Gasteiger partial charge in [0.05, 0.1) is 11.4 Å². The summed E-state index contributed by atoms with van der Waals surface area (Å²) in [7, 11) is 0. The normalized spacial score (nSPS) is 10.9. The number of rotatable bonds is 4. The van der Waals surface area contributed by atoms with Gasteiger partial charge < -0.3 is 5.73 Å². The van der Waals surface area contributed by atoms with E-state index in [0.29, 0.717) is 6.54 Å². The lowest BCUT2D eigenvalue weighted by atomic mass is 10.2. The number of aryl methyl sites for hydroxylation is 2. The van der Waals surface area contributed by atoms with Crippen molar-refractivity contribution in [2.45, 2.75) is 33.2 Å². The topological polar surface area (TPSA) is 43.8 Å². The van der Waals surface area contributed by atoms with Crippen molar-refractivity contribution in [2.24, 2.45) is 5.73 Å². The van der Waals surface area contributed by atoms with E-state index in [1.807, 2.05) is 6.07 Å². The summed E-state index contributed by atoms with van der Waals surface area (Å²) in [6, 6.07) is 6.89. The van der Waals surface area contributed by atoms with Gasteiger partial charge in [0.25, 0.3) is 0 Å². The molecule has 0 fully saturated rings. The summed E-state index contributed by atoms with van der Waals surface area (Å²) >= 11 is 0. The first kappa shape index (κ1) is 12.8. The molecule has 4 heteroatoms. The summed E-state index contributed by atoms with van der Waals surface area (Å²) in [4.78, 5) is 0. The molecule has 0 radical (unpaired) electrons. The molecule has 1 aromatic carbocycles. The maximum Gasteiger partial charge on any atom is 0.125 e. The van der Waals surface area contributed by atoms with E-state index in [-0.39, 0.29) is 5.82 Å². The SMILES string of the molecule is CCc1cc(CC)n(-c2cc(F)cc(CN)c2)n1. The van der Waals surface area contributed by atoms with Gasteiger partial charge in [-0.2, -0.15) is 5.10 Å². The number of nitrogens with zero attached hydrogens (tertiary/aromatic N) is 2. The van der Waals surface area contributed by atoms with E-state index in [4.69, 9.17) is 5.73 Å². The molecule has 2 aromatic rings. The van der Waals surface area contributed by atoms with E-state index in [9.17, 15) is 4.39 Å². The van der Waals surface area contributed by atoms with Crippen LogP contribution in [0.15, 0.2) is 24.3 Å². The van der Waals surface area contributed by atoms with Crippen molar-refractivity contribution < 1.29 is 4.39 Å². The Morgan fingerprint density at radius 2 is 1.94 bits per heavy atom. The van der Waals surface area contributed by atoms with Crippen LogP contribution in [-0.2, 0) is 19.4 Å². The van der Waals surface area contributed by atoms with Gasteiger partial charge in [-0.05, 0) is 42.7 Å². The van der Waals surface area contributed by atoms with Crippen LogP contribution in [0.5, 0.6) is 0 Å². The van der Waals surface area contributed by atoms with Gasteiger partial charge in [0.1, 0.15) is 5.82 Å². The van der Waals surface area contributed by atoms with Crippen LogP contribution in [-0.4, -0.2) is 9.78 Å². The quantitative estimate of drug-likeness (QED) is 0.902. The van der Waals surface area contributed by atoms with Crippen molar-refractivity contribution in [1.29, 1.82) is 0 Å². The summed E-state index contributed by atoms with van der Waals surface area (Å²) < 4.78 is 15.3. The largest absolute Gasteiger partial charge is 0.326 e. The molecule has 0 aliphatic heterocycles. The van der Waals surface area contributed by atoms with Gasteiger partial charge in [-0.3, -0.25) is 0 Å². The zero-order valence-electron chi connectivity index (χ0n) is 10.8. The van der Waals surface area contributed by atoms with Gasteiger partial charge in [0.15, 0.2) is 0 Å². The summed E-state index contributed by atoms with van der Waals surface area (Å²) in [5, 5.41) is 4.50. The average molecular weight is 247 g/mol. The van der Waals surface area contributed by atoms with E-state index in [1.165, 1.54) is 12.1 Å². The summed E-state index contributed by atoms with van der Waals surface area (Å²) in [6.07, 6.45) is 1.74. The molecule has 2 rings (SSSR count). The fraction of sp³-hybridized carbons (Fsp3) is 0.357. The molecule has 0 spiro atoms.